The van der Waals surface area contributed by atoms with Gasteiger partial charge in [-0.15, -0.1) is 0 Å². The van der Waals surface area contributed by atoms with Crippen molar-refractivity contribution >= 4 is 15.9 Å². The first kappa shape index (κ1) is 15.0. The quantitative estimate of drug-likeness (QED) is 0.816. The zero-order valence-electron chi connectivity index (χ0n) is 12.0. The molecule has 19 heavy (non-hydrogen) atoms. The molecule has 0 amide bonds. The number of nitrogens with zero attached hydrogens (tertiary/aromatic N) is 1. The molecule has 1 saturated carbocycles. The Morgan fingerprint density at radius 2 is 2.21 bits per heavy atom. The average molecular weight is 325 g/mol. The Bertz CT molecular complexity index is 390. The van der Waals surface area contributed by atoms with Crippen LogP contribution < -0.4 is 5.32 Å². The van der Waals surface area contributed by atoms with Gasteiger partial charge >= 0.3 is 0 Å². The fourth-order valence-electron chi connectivity index (χ4n) is 2.70. The van der Waals surface area contributed by atoms with Crippen molar-refractivity contribution in [2.45, 2.75) is 44.7 Å². The van der Waals surface area contributed by atoms with Gasteiger partial charge in [0.15, 0.2) is 0 Å². The van der Waals surface area contributed by atoms with Gasteiger partial charge in [-0.05, 0) is 57.1 Å². The van der Waals surface area contributed by atoms with Crippen molar-refractivity contribution in [2.75, 3.05) is 20.1 Å². The highest BCUT2D eigenvalue weighted by atomic mass is 79.9. The van der Waals surface area contributed by atoms with E-state index in [4.69, 9.17) is 0 Å². The third-order valence-electron chi connectivity index (χ3n) is 4.17. The van der Waals surface area contributed by atoms with Gasteiger partial charge < -0.3 is 10.2 Å². The van der Waals surface area contributed by atoms with E-state index >= 15 is 0 Å². The molecule has 1 fully saturated rings. The summed E-state index contributed by atoms with van der Waals surface area (Å²) in [7, 11) is 2.27. The molecular weight excluding hydrogens is 300 g/mol. The molecule has 2 nitrogen and oxygen atoms in total. The molecule has 1 aromatic rings. The fraction of sp³-hybridized carbons (Fsp3) is 0.625. The third-order valence-corrected chi connectivity index (χ3v) is 4.66. The van der Waals surface area contributed by atoms with Crippen LogP contribution in [0, 0.1) is 0 Å². The fourth-order valence-corrected chi connectivity index (χ4v) is 3.12. The van der Waals surface area contributed by atoms with Gasteiger partial charge in [-0.1, -0.05) is 41.4 Å². The van der Waals surface area contributed by atoms with Gasteiger partial charge in [0.2, 0.25) is 0 Å². The van der Waals surface area contributed by atoms with Crippen LogP contribution >= 0.6 is 15.9 Å². The summed E-state index contributed by atoms with van der Waals surface area (Å²) >= 11 is 3.57. The van der Waals surface area contributed by atoms with Gasteiger partial charge in [-0.3, -0.25) is 0 Å². The van der Waals surface area contributed by atoms with E-state index in [-0.39, 0.29) is 0 Å². The number of hydrogen-bond donors (Lipinski definition) is 1. The van der Waals surface area contributed by atoms with Crippen LogP contribution in [-0.2, 0) is 0 Å². The first-order valence-electron chi connectivity index (χ1n) is 7.39. The van der Waals surface area contributed by atoms with Crippen molar-refractivity contribution in [2.24, 2.45) is 0 Å². The summed E-state index contributed by atoms with van der Waals surface area (Å²) in [6.45, 7) is 4.37. The van der Waals surface area contributed by atoms with Gasteiger partial charge in [0.05, 0.1) is 0 Å². The molecule has 0 heterocycles. The molecule has 0 aliphatic heterocycles. The normalized spacial score (nSPS) is 17.5. The molecule has 2 rings (SSSR count). The summed E-state index contributed by atoms with van der Waals surface area (Å²) in [5.41, 5.74) is 1.39. The molecule has 1 aromatic carbocycles. The first-order chi connectivity index (χ1) is 9.20. The third kappa shape index (κ3) is 4.30. The standard InChI is InChI=1S/C16H25BrN2/c1-3-18-16(13-6-4-7-14(17)12-13)10-11-19(2)15-8-5-9-15/h4,6-7,12,15-16,18H,3,5,8-11H2,1-2H3. The van der Waals surface area contributed by atoms with Gasteiger partial charge in [0.1, 0.15) is 0 Å². The number of benzene rings is 1. The molecule has 1 atom stereocenters. The minimum absolute atomic E-state index is 0.463. The van der Waals surface area contributed by atoms with E-state index in [0.717, 1.165) is 12.6 Å². The Labute approximate surface area is 125 Å². The van der Waals surface area contributed by atoms with Gasteiger partial charge in [0, 0.05) is 16.6 Å². The molecule has 3 heteroatoms. The summed E-state index contributed by atoms with van der Waals surface area (Å²) in [6.07, 6.45) is 5.37. The van der Waals surface area contributed by atoms with Crippen LogP contribution in [0.15, 0.2) is 28.7 Å². The van der Waals surface area contributed by atoms with Crippen molar-refractivity contribution in [3.63, 3.8) is 0 Å². The van der Waals surface area contributed by atoms with E-state index in [1.807, 2.05) is 0 Å². The van der Waals surface area contributed by atoms with Crippen LogP contribution in [0.3, 0.4) is 0 Å². The summed E-state index contributed by atoms with van der Waals surface area (Å²) in [5.74, 6) is 0. The average Bonchev–Trinajstić information content (AvgIpc) is 2.32. The molecule has 0 aromatic heterocycles. The van der Waals surface area contributed by atoms with Gasteiger partial charge in [-0.25, -0.2) is 0 Å². The maximum absolute atomic E-state index is 3.61. The SMILES string of the molecule is CCNC(CCN(C)C1CCC1)c1cccc(Br)c1. The Morgan fingerprint density at radius 1 is 1.42 bits per heavy atom. The van der Waals surface area contributed by atoms with Crippen molar-refractivity contribution in [1.29, 1.82) is 0 Å². The largest absolute Gasteiger partial charge is 0.310 e. The van der Waals surface area contributed by atoms with Gasteiger partial charge in [-0.2, -0.15) is 0 Å². The lowest BCUT2D eigenvalue weighted by atomic mass is 9.91. The van der Waals surface area contributed by atoms with Crippen LogP contribution in [0.1, 0.15) is 44.2 Å². The van der Waals surface area contributed by atoms with Crippen LogP contribution in [0.5, 0.6) is 0 Å². The second-order valence-electron chi connectivity index (χ2n) is 5.52. The van der Waals surface area contributed by atoms with Crippen molar-refractivity contribution < 1.29 is 0 Å². The van der Waals surface area contributed by atoms with Crippen LogP contribution in [0.2, 0.25) is 0 Å². The van der Waals surface area contributed by atoms with E-state index in [1.165, 1.54) is 42.3 Å². The molecular formula is C16H25BrN2. The highest BCUT2D eigenvalue weighted by molar-refractivity contribution is 9.10. The monoisotopic (exact) mass is 324 g/mol. The van der Waals surface area contributed by atoms with E-state index in [1.54, 1.807) is 0 Å². The van der Waals surface area contributed by atoms with Crippen LogP contribution in [0.25, 0.3) is 0 Å². The highest BCUT2D eigenvalue weighted by Gasteiger charge is 2.22. The van der Waals surface area contributed by atoms with Crippen molar-refractivity contribution in [3.05, 3.63) is 34.3 Å². The zero-order chi connectivity index (χ0) is 13.7. The summed E-state index contributed by atoms with van der Waals surface area (Å²) in [5, 5.41) is 3.61. The molecule has 0 spiro atoms. The van der Waals surface area contributed by atoms with Gasteiger partial charge in [0.25, 0.3) is 0 Å². The number of rotatable bonds is 7. The molecule has 0 bridgehead atoms. The first-order valence-corrected chi connectivity index (χ1v) is 8.19. The van der Waals surface area contributed by atoms with E-state index in [2.05, 4.69) is 64.4 Å². The lowest BCUT2D eigenvalue weighted by Gasteiger charge is -2.35. The van der Waals surface area contributed by atoms with Crippen molar-refractivity contribution in [1.82, 2.24) is 10.2 Å². The molecule has 1 aliphatic carbocycles. The maximum atomic E-state index is 3.61. The lowest BCUT2D eigenvalue weighted by Crippen LogP contribution is -2.39. The zero-order valence-corrected chi connectivity index (χ0v) is 13.6. The maximum Gasteiger partial charge on any atom is 0.0332 e. The molecule has 0 radical (unpaired) electrons. The molecule has 1 aliphatic rings. The topological polar surface area (TPSA) is 15.3 Å². The molecule has 1 N–H and O–H groups in total. The van der Waals surface area contributed by atoms with E-state index in [9.17, 15) is 0 Å². The smallest absolute Gasteiger partial charge is 0.0332 e. The highest BCUT2D eigenvalue weighted by Crippen LogP contribution is 2.26. The predicted octanol–water partition coefficient (Wildman–Crippen LogP) is 3.97. The minimum atomic E-state index is 0.463. The van der Waals surface area contributed by atoms with Crippen LogP contribution in [-0.4, -0.2) is 31.1 Å². The summed E-state index contributed by atoms with van der Waals surface area (Å²) in [4.78, 5) is 2.53. The predicted molar refractivity (Wildman–Crippen MR) is 85.4 cm³/mol. The second-order valence-corrected chi connectivity index (χ2v) is 6.43. The number of nitrogens with one attached hydrogen (secondary N) is 1. The summed E-state index contributed by atoms with van der Waals surface area (Å²) < 4.78 is 1.17. The second kappa shape index (κ2) is 7.41. The lowest BCUT2D eigenvalue weighted by molar-refractivity contribution is 0.153. The Kier molecular flexibility index (Phi) is 5.86. The Morgan fingerprint density at radius 3 is 2.79 bits per heavy atom. The number of hydrogen-bond acceptors (Lipinski definition) is 2. The van der Waals surface area contributed by atoms with Crippen LogP contribution in [0.4, 0.5) is 0 Å². The van der Waals surface area contributed by atoms with E-state index in [0.29, 0.717) is 6.04 Å². The summed E-state index contributed by atoms with van der Waals surface area (Å²) in [6, 6.07) is 9.97. The molecule has 1 unspecified atom stereocenters. The van der Waals surface area contributed by atoms with Crippen molar-refractivity contribution in [3.8, 4) is 0 Å². The minimum Gasteiger partial charge on any atom is -0.310 e. The number of halogens is 1. The molecule has 106 valence electrons. The van der Waals surface area contributed by atoms with E-state index < -0.39 is 0 Å². The Hall–Kier alpha value is -0.380. The Balaban J connectivity index is 1.91. The molecule has 0 saturated heterocycles.